The molecule has 1 aromatic rings. The van der Waals surface area contributed by atoms with Crippen molar-refractivity contribution in [1.29, 1.82) is 0 Å². The van der Waals surface area contributed by atoms with Crippen molar-refractivity contribution < 1.29 is 4.74 Å². The van der Waals surface area contributed by atoms with E-state index < -0.39 is 0 Å². The second-order valence-corrected chi connectivity index (χ2v) is 6.28. The van der Waals surface area contributed by atoms with Crippen LogP contribution in [0.25, 0.3) is 0 Å². The second kappa shape index (κ2) is 4.18. The highest BCUT2D eigenvalue weighted by atomic mass is 35.5. The first-order valence-electron chi connectivity index (χ1n) is 5.97. The zero-order valence-electron chi connectivity index (χ0n) is 10.7. The van der Waals surface area contributed by atoms with E-state index in [1.54, 1.807) is 7.11 Å². The van der Waals surface area contributed by atoms with Crippen LogP contribution in [0, 0.1) is 5.41 Å². The van der Waals surface area contributed by atoms with E-state index in [1.807, 2.05) is 18.2 Å². The van der Waals surface area contributed by atoms with Gasteiger partial charge in [0.25, 0.3) is 0 Å². The molecule has 0 saturated heterocycles. The Balaban J connectivity index is 2.41. The first-order valence-corrected chi connectivity index (χ1v) is 6.34. The summed E-state index contributed by atoms with van der Waals surface area (Å²) < 4.78 is 5.44. The summed E-state index contributed by atoms with van der Waals surface area (Å²) in [7, 11) is 1.70. The number of nitrogens with two attached hydrogens (primary N) is 1. The Bertz CT molecular complexity index is 420. The third kappa shape index (κ3) is 2.16. The first kappa shape index (κ1) is 12.7. The zero-order chi connectivity index (χ0) is 12.7. The monoisotopic (exact) mass is 253 g/mol. The van der Waals surface area contributed by atoms with Crippen molar-refractivity contribution in [3.8, 4) is 5.75 Å². The summed E-state index contributed by atoms with van der Waals surface area (Å²) in [6.07, 6.45) is 2.18. The van der Waals surface area contributed by atoms with Crippen LogP contribution < -0.4 is 10.5 Å². The van der Waals surface area contributed by atoms with E-state index in [9.17, 15) is 0 Å². The molecule has 0 spiro atoms. The molecule has 0 bridgehead atoms. The lowest BCUT2D eigenvalue weighted by molar-refractivity contribution is 0.0614. The van der Waals surface area contributed by atoms with E-state index in [-0.39, 0.29) is 5.41 Å². The minimum Gasteiger partial charge on any atom is -0.496 e. The van der Waals surface area contributed by atoms with Gasteiger partial charge in [-0.1, -0.05) is 25.4 Å². The van der Waals surface area contributed by atoms with E-state index in [4.69, 9.17) is 22.1 Å². The van der Waals surface area contributed by atoms with Crippen molar-refractivity contribution in [1.82, 2.24) is 0 Å². The average Bonchev–Trinajstić information content (AvgIpc) is 2.25. The van der Waals surface area contributed by atoms with Crippen molar-refractivity contribution in [2.24, 2.45) is 11.1 Å². The van der Waals surface area contributed by atoms with Crippen LogP contribution in [0.4, 0.5) is 0 Å². The maximum Gasteiger partial charge on any atom is 0.122 e. The Kier molecular flexibility index (Phi) is 3.13. The average molecular weight is 254 g/mol. The molecule has 0 heterocycles. The van der Waals surface area contributed by atoms with Gasteiger partial charge >= 0.3 is 0 Å². The van der Waals surface area contributed by atoms with E-state index >= 15 is 0 Å². The van der Waals surface area contributed by atoms with Crippen LogP contribution in [0.15, 0.2) is 18.2 Å². The fourth-order valence-corrected chi connectivity index (χ4v) is 3.49. The molecule has 1 aromatic carbocycles. The molecule has 2 nitrogen and oxygen atoms in total. The number of methoxy groups -OCH3 is 1. The maximum absolute atomic E-state index is 6.09. The molecule has 1 saturated carbocycles. The molecule has 0 atom stereocenters. The lowest BCUT2D eigenvalue weighted by atomic mass is 9.52. The molecule has 0 aromatic heterocycles. The van der Waals surface area contributed by atoms with Crippen molar-refractivity contribution in [3.63, 3.8) is 0 Å². The summed E-state index contributed by atoms with van der Waals surface area (Å²) >= 11 is 6.09. The third-order valence-electron chi connectivity index (χ3n) is 3.76. The molecule has 3 heteroatoms. The molecule has 17 heavy (non-hydrogen) atoms. The molecular weight excluding hydrogens is 234 g/mol. The van der Waals surface area contributed by atoms with Gasteiger partial charge in [-0.2, -0.15) is 0 Å². The third-order valence-corrected chi connectivity index (χ3v) is 3.99. The summed E-state index contributed by atoms with van der Waals surface area (Å²) in [4.78, 5) is 0. The topological polar surface area (TPSA) is 35.2 Å². The van der Waals surface area contributed by atoms with Crippen LogP contribution in [0.2, 0.25) is 5.02 Å². The van der Waals surface area contributed by atoms with Gasteiger partial charge in [0, 0.05) is 22.5 Å². The number of rotatable bonds is 3. The minimum atomic E-state index is 0.0414. The maximum atomic E-state index is 6.09. The van der Waals surface area contributed by atoms with Crippen LogP contribution in [-0.2, 0) is 5.41 Å². The fourth-order valence-electron chi connectivity index (χ4n) is 3.32. The number of halogens is 1. The van der Waals surface area contributed by atoms with Crippen LogP contribution >= 0.6 is 11.6 Å². The molecule has 2 rings (SSSR count). The van der Waals surface area contributed by atoms with Gasteiger partial charge in [0.2, 0.25) is 0 Å². The molecule has 0 radical (unpaired) electrons. The van der Waals surface area contributed by atoms with Gasteiger partial charge in [-0.25, -0.2) is 0 Å². The second-order valence-electron chi connectivity index (χ2n) is 5.85. The molecule has 1 aliphatic carbocycles. The van der Waals surface area contributed by atoms with Gasteiger partial charge in [0.05, 0.1) is 7.11 Å². The number of hydrogen-bond donors (Lipinski definition) is 1. The Labute approximate surface area is 108 Å². The number of hydrogen-bond acceptors (Lipinski definition) is 2. The fraction of sp³-hybridized carbons (Fsp3) is 0.571. The van der Waals surface area contributed by atoms with E-state index in [0.717, 1.165) is 29.2 Å². The van der Waals surface area contributed by atoms with E-state index in [2.05, 4.69) is 13.8 Å². The van der Waals surface area contributed by atoms with Crippen LogP contribution in [0.5, 0.6) is 5.75 Å². The predicted molar refractivity (Wildman–Crippen MR) is 71.8 cm³/mol. The van der Waals surface area contributed by atoms with Gasteiger partial charge < -0.3 is 10.5 Å². The lowest BCUT2D eigenvalue weighted by Gasteiger charge is -2.53. The first-order chi connectivity index (χ1) is 7.92. The van der Waals surface area contributed by atoms with Crippen molar-refractivity contribution in [2.45, 2.75) is 32.1 Å². The molecule has 94 valence electrons. The molecular formula is C14H20ClNO. The Morgan fingerprint density at radius 3 is 2.47 bits per heavy atom. The SMILES string of the molecule is COc1ccc(Cl)cc1C1(CN)CC(C)(C)C1. The number of benzene rings is 1. The highest BCUT2D eigenvalue weighted by Crippen LogP contribution is 2.56. The van der Waals surface area contributed by atoms with Gasteiger partial charge in [-0.05, 0) is 36.5 Å². The number of ether oxygens (including phenoxy) is 1. The van der Waals surface area contributed by atoms with Crippen LogP contribution in [0.1, 0.15) is 32.3 Å². The molecule has 0 amide bonds. The smallest absolute Gasteiger partial charge is 0.122 e. The highest BCUT2D eigenvalue weighted by molar-refractivity contribution is 6.30. The van der Waals surface area contributed by atoms with Crippen molar-refractivity contribution >= 4 is 11.6 Å². The normalized spacial score (nSPS) is 20.8. The Morgan fingerprint density at radius 1 is 1.35 bits per heavy atom. The highest BCUT2D eigenvalue weighted by Gasteiger charge is 2.50. The molecule has 1 fully saturated rings. The van der Waals surface area contributed by atoms with E-state index in [0.29, 0.717) is 12.0 Å². The van der Waals surface area contributed by atoms with Crippen LogP contribution in [0.3, 0.4) is 0 Å². The van der Waals surface area contributed by atoms with Crippen molar-refractivity contribution in [3.05, 3.63) is 28.8 Å². The Hall–Kier alpha value is -0.730. The summed E-state index contributed by atoms with van der Waals surface area (Å²) in [5, 5.41) is 0.748. The van der Waals surface area contributed by atoms with Gasteiger partial charge in [-0.15, -0.1) is 0 Å². The summed E-state index contributed by atoms with van der Waals surface area (Å²) in [6, 6.07) is 5.79. The largest absolute Gasteiger partial charge is 0.496 e. The summed E-state index contributed by atoms with van der Waals surface area (Å²) in [5.74, 6) is 0.898. The molecule has 0 unspecified atom stereocenters. The Morgan fingerprint density at radius 2 is 2.00 bits per heavy atom. The molecule has 1 aliphatic rings. The summed E-state index contributed by atoms with van der Waals surface area (Å²) in [5.41, 5.74) is 7.57. The van der Waals surface area contributed by atoms with Gasteiger partial charge in [0.1, 0.15) is 5.75 Å². The van der Waals surface area contributed by atoms with Gasteiger partial charge in [0.15, 0.2) is 0 Å². The van der Waals surface area contributed by atoms with Crippen LogP contribution in [-0.4, -0.2) is 13.7 Å². The quantitative estimate of drug-likeness (QED) is 0.897. The lowest BCUT2D eigenvalue weighted by Crippen LogP contribution is -2.51. The molecule has 0 aliphatic heterocycles. The zero-order valence-corrected chi connectivity index (χ0v) is 11.5. The predicted octanol–water partition coefficient (Wildman–Crippen LogP) is 3.37. The minimum absolute atomic E-state index is 0.0414. The van der Waals surface area contributed by atoms with Gasteiger partial charge in [-0.3, -0.25) is 0 Å². The standard InChI is InChI=1S/C14H20ClNO/c1-13(2)7-14(8-13,9-16)11-6-10(15)4-5-12(11)17-3/h4-6H,7-9,16H2,1-3H3. The molecule has 2 N–H and O–H groups in total. The van der Waals surface area contributed by atoms with Crippen molar-refractivity contribution in [2.75, 3.05) is 13.7 Å². The van der Waals surface area contributed by atoms with E-state index in [1.165, 1.54) is 0 Å². The summed E-state index contributed by atoms with van der Waals surface area (Å²) in [6.45, 7) is 5.20.